The molecule has 0 aliphatic heterocycles. The number of carbonyl (C=O) groups is 1. The maximum Gasteiger partial charge on any atom is 0.257 e. The van der Waals surface area contributed by atoms with Crippen LogP contribution in [0.5, 0.6) is 5.75 Å². The van der Waals surface area contributed by atoms with E-state index in [0.29, 0.717) is 23.8 Å². The average molecular weight is 388 g/mol. The molecule has 0 saturated carbocycles. The summed E-state index contributed by atoms with van der Waals surface area (Å²) < 4.78 is 5.42. The monoisotopic (exact) mass is 388 g/mol. The quantitative estimate of drug-likeness (QED) is 0.510. The molecule has 1 aromatic heterocycles. The summed E-state index contributed by atoms with van der Waals surface area (Å²) in [5, 5.41) is 6.05. The summed E-state index contributed by atoms with van der Waals surface area (Å²) >= 11 is 0. The minimum absolute atomic E-state index is 0.246. The Hall–Kier alpha value is -3.67. The second-order valence-electron chi connectivity index (χ2n) is 6.63. The summed E-state index contributed by atoms with van der Waals surface area (Å²) in [5.74, 6) is 0.736. The van der Waals surface area contributed by atoms with Gasteiger partial charge in [-0.15, -0.1) is 0 Å². The van der Waals surface area contributed by atoms with Gasteiger partial charge in [0.25, 0.3) is 5.91 Å². The van der Waals surface area contributed by atoms with Crippen molar-refractivity contribution < 1.29 is 9.53 Å². The first-order valence-corrected chi connectivity index (χ1v) is 9.29. The summed E-state index contributed by atoms with van der Waals surface area (Å²) in [6, 6.07) is 18.8. The van der Waals surface area contributed by atoms with Gasteiger partial charge in [0.15, 0.2) is 0 Å². The highest BCUT2D eigenvalue weighted by Gasteiger charge is 2.12. The van der Waals surface area contributed by atoms with Crippen molar-refractivity contribution in [2.45, 2.75) is 20.4 Å². The summed E-state index contributed by atoms with van der Waals surface area (Å²) in [5.41, 5.74) is 4.22. The van der Waals surface area contributed by atoms with Crippen LogP contribution in [0.25, 0.3) is 0 Å². The Bertz CT molecular complexity index is 999. The number of nitrogens with one attached hydrogen (secondary N) is 2. The second kappa shape index (κ2) is 9.50. The summed E-state index contributed by atoms with van der Waals surface area (Å²) in [6.45, 7) is 4.29. The Kier molecular flexibility index (Phi) is 6.58. The van der Waals surface area contributed by atoms with Crippen LogP contribution in [0.3, 0.4) is 0 Å². The van der Waals surface area contributed by atoms with Crippen LogP contribution in [0.15, 0.2) is 71.9 Å². The number of aliphatic imine (C=N–C) groups is 1. The number of pyridine rings is 1. The van der Waals surface area contributed by atoms with Crippen LogP contribution in [0, 0.1) is 13.8 Å². The molecule has 0 fully saturated rings. The number of aryl methyl sites for hydroxylation is 2. The third-order valence-electron chi connectivity index (χ3n) is 4.28. The first-order valence-electron chi connectivity index (χ1n) is 9.29. The maximum absolute atomic E-state index is 12.7. The number of nitrogens with zero attached hydrogens (tertiary/aromatic N) is 2. The van der Waals surface area contributed by atoms with Crippen LogP contribution in [-0.4, -0.2) is 24.0 Å². The molecule has 2 aromatic carbocycles. The van der Waals surface area contributed by atoms with E-state index in [-0.39, 0.29) is 5.91 Å². The largest absolute Gasteiger partial charge is 0.495 e. The zero-order valence-electron chi connectivity index (χ0n) is 16.8. The number of hydrogen-bond donors (Lipinski definition) is 2. The molecule has 0 saturated heterocycles. The van der Waals surface area contributed by atoms with Crippen molar-refractivity contribution in [3.8, 4) is 5.75 Å². The minimum atomic E-state index is -0.246. The number of carbonyl (C=O) groups excluding carboxylic acids is 1. The molecule has 0 aliphatic carbocycles. The van der Waals surface area contributed by atoms with Crippen molar-refractivity contribution in [3.63, 3.8) is 0 Å². The number of rotatable bonds is 5. The van der Waals surface area contributed by atoms with Crippen LogP contribution in [0.4, 0.5) is 5.69 Å². The smallest absolute Gasteiger partial charge is 0.257 e. The zero-order chi connectivity index (χ0) is 20.6. The predicted molar refractivity (Wildman–Crippen MR) is 115 cm³/mol. The predicted octanol–water partition coefficient (Wildman–Crippen LogP) is 4.11. The lowest BCUT2D eigenvalue weighted by Gasteiger charge is -2.15. The zero-order valence-corrected chi connectivity index (χ0v) is 16.8. The highest BCUT2D eigenvalue weighted by Crippen LogP contribution is 2.25. The van der Waals surface area contributed by atoms with Gasteiger partial charge >= 0.3 is 0 Å². The van der Waals surface area contributed by atoms with Crippen molar-refractivity contribution >= 4 is 17.6 Å². The lowest BCUT2D eigenvalue weighted by Crippen LogP contribution is -2.36. The van der Waals surface area contributed by atoms with Crippen molar-refractivity contribution in [3.05, 3.63) is 89.2 Å². The first kappa shape index (κ1) is 20.1. The summed E-state index contributed by atoms with van der Waals surface area (Å²) in [7, 11) is 1.60. The van der Waals surface area contributed by atoms with Crippen molar-refractivity contribution in [1.82, 2.24) is 10.3 Å². The van der Waals surface area contributed by atoms with E-state index in [1.807, 2.05) is 62.4 Å². The third kappa shape index (κ3) is 5.65. The number of anilines is 1. The molecule has 0 aliphatic rings. The number of hydrogen-bond acceptors (Lipinski definition) is 4. The highest BCUT2D eigenvalue weighted by atomic mass is 16.5. The summed E-state index contributed by atoms with van der Waals surface area (Å²) in [4.78, 5) is 21.5. The lowest BCUT2D eigenvalue weighted by atomic mass is 10.1. The molecule has 6 heteroatoms. The van der Waals surface area contributed by atoms with E-state index < -0.39 is 0 Å². The SMILES string of the molecule is COc1ccc(C)cc1NC(=NCc1ccccn1)NC(=O)c1ccc(C)cc1. The van der Waals surface area contributed by atoms with Crippen molar-refractivity contribution in [2.24, 2.45) is 4.99 Å². The Morgan fingerprint density at radius 1 is 1.03 bits per heavy atom. The molecule has 0 unspecified atom stereocenters. The molecule has 1 amide bonds. The molecule has 0 bridgehead atoms. The van der Waals surface area contributed by atoms with Gasteiger partial charge in [0, 0.05) is 11.8 Å². The fourth-order valence-electron chi connectivity index (χ4n) is 2.69. The van der Waals surface area contributed by atoms with E-state index in [1.165, 1.54) is 0 Å². The van der Waals surface area contributed by atoms with Gasteiger partial charge in [-0.05, 0) is 55.8 Å². The molecule has 6 nitrogen and oxygen atoms in total. The molecule has 2 N–H and O–H groups in total. The Morgan fingerprint density at radius 2 is 1.79 bits per heavy atom. The molecule has 0 atom stereocenters. The van der Waals surface area contributed by atoms with Gasteiger partial charge in [-0.3, -0.25) is 15.1 Å². The van der Waals surface area contributed by atoms with Gasteiger partial charge in [-0.2, -0.15) is 0 Å². The number of benzene rings is 2. The van der Waals surface area contributed by atoms with Crippen LogP contribution < -0.4 is 15.4 Å². The molecular weight excluding hydrogens is 364 g/mol. The molecule has 3 aromatic rings. The van der Waals surface area contributed by atoms with Crippen LogP contribution in [0.1, 0.15) is 27.2 Å². The van der Waals surface area contributed by atoms with E-state index in [0.717, 1.165) is 22.5 Å². The molecule has 29 heavy (non-hydrogen) atoms. The van der Waals surface area contributed by atoms with E-state index >= 15 is 0 Å². The van der Waals surface area contributed by atoms with E-state index in [2.05, 4.69) is 20.6 Å². The van der Waals surface area contributed by atoms with Gasteiger partial charge < -0.3 is 10.1 Å². The Labute approximate surface area is 170 Å². The molecule has 1 heterocycles. The third-order valence-corrected chi connectivity index (χ3v) is 4.28. The normalized spacial score (nSPS) is 11.1. The molecule has 0 spiro atoms. The average Bonchev–Trinajstić information content (AvgIpc) is 2.73. The van der Waals surface area contributed by atoms with Gasteiger partial charge in [0.05, 0.1) is 25.0 Å². The topological polar surface area (TPSA) is 75.6 Å². The fourth-order valence-corrected chi connectivity index (χ4v) is 2.69. The van der Waals surface area contributed by atoms with Crippen molar-refractivity contribution in [2.75, 3.05) is 12.4 Å². The first-order chi connectivity index (χ1) is 14.0. The number of ether oxygens (including phenoxy) is 1. The van der Waals surface area contributed by atoms with E-state index in [1.54, 1.807) is 25.4 Å². The lowest BCUT2D eigenvalue weighted by molar-refractivity contribution is 0.0977. The molecular formula is C23H24N4O2. The highest BCUT2D eigenvalue weighted by molar-refractivity contribution is 6.10. The molecule has 0 radical (unpaired) electrons. The van der Waals surface area contributed by atoms with Gasteiger partial charge in [-0.25, -0.2) is 4.99 Å². The maximum atomic E-state index is 12.7. The molecule has 3 rings (SSSR count). The second-order valence-corrected chi connectivity index (χ2v) is 6.63. The van der Waals surface area contributed by atoms with E-state index in [9.17, 15) is 4.79 Å². The van der Waals surface area contributed by atoms with Crippen LogP contribution >= 0.6 is 0 Å². The minimum Gasteiger partial charge on any atom is -0.495 e. The standard InChI is InChI=1S/C23H24N4O2/c1-16-7-10-18(11-8-16)22(28)27-23(25-15-19-6-4-5-13-24-19)26-20-14-17(2)9-12-21(20)29-3/h4-14H,15H2,1-3H3,(H2,25,26,27,28). The van der Waals surface area contributed by atoms with Crippen LogP contribution in [-0.2, 0) is 6.54 Å². The Morgan fingerprint density at radius 3 is 2.48 bits per heavy atom. The number of guanidine groups is 1. The van der Waals surface area contributed by atoms with Gasteiger partial charge in [-0.1, -0.05) is 29.8 Å². The molecule has 148 valence electrons. The number of amides is 1. The number of methoxy groups -OCH3 is 1. The van der Waals surface area contributed by atoms with Gasteiger partial charge in [0.2, 0.25) is 5.96 Å². The fraction of sp³-hybridized carbons (Fsp3) is 0.174. The van der Waals surface area contributed by atoms with E-state index in [4.69, 9.17) is 4.74 Å². The van der Waals surface area contributed by atoms with Crippen LogP contribution in [0.2, 0.25) is 0 Å². The summed E-state index contributed by atoms with van der Waals surface area (Å²) in [6.07, 6.45) is 1.71. The number of aromatic nitrogens is 1. The Balaban J connectivity index is 1.86. The van der Waals surface area contributed by atoms with Gasteiger partial charge in [0.1, 0.15) is 5.75 Å². The van der Waals surface area contributed by atoms with Crippen molar-refractivity contribution in [1.29, 1.82) is 0 Å².